The highest BCUT2D eigenvalue weighted by atomic mass is 16.3. The zero-order valence-corrected chi connectivity index (χ0v) is 4.17. The lowest BCUT2D eigenvalue weighted by Gasteiger charge is -1.99. The van der Waals surface area contributed by atoms with Gasteiger partial charge >= 0.3 is 0 Å². The van der Waals surface area contributed by atoms with Crippen LogP contribution in [0.1, 0.15) is 0 Å². The molecule has 0 heterocycles. The molecule has 2 N–H and O–H groups in total. The Hall–Kier alpha value is -0.340. The Kier molecular flexibility index (Phi) is 3.65. The number of aliphatic hydroxyl groups is 2. The topological polar surface area (TPSA) is 40.5 Å². The van der Waals surface area contributed by atoms with Gasteiger partial charge < -0.3 is 10.2 Å². The van der Waals surface area contributed by atoms with E-state index < -0.39 is 0 Å². The van der Waals surface area contributed by atoms with Crippen LogP contribution < -0.4 is 0 Å². The first kappa shape index (κ1) is 6.66. The fourth-order valence-electron chi connectivity index (χ4n) is 0.207. The summed E-state index contributed by atoms with van der Waals surface area (Å²) < 4.78 is 0. The number of rotatable bonds is 3. The second-order valence-electron chi connectivity index (χ2n) is 1.36. The highest BCUT2D eigenvalue weighted by Crippen LogP contribution is 1.90. The molecule has 0 aromatic rings. The standard InChI is InChI=1S/C5H10O2/c1-2-5(3-6)4-7/h2,5-7H,1,3-4H2. The van der Waals surface area contributed by atoms with Crippen molar-refractivity contribution in [3.63, 3.8) is 0 Å². The van der Waals surface area contributed by atoms with Crippen LogP contribution in [0.3, 0.4) is 0 Å². The van der Waals surface area contributed by atoms with Crippen molar-refractivity contribution in [2.45, 2.75) is 0 Å². The van der Waals surface area contributed by atoms with E-state index in [1.807, 2.05) is 0 Å². The third-order valence-corrected chi connectivity index (χ3v) is 0.802. The van der Waals surface area contributed by atoms with E-state index in [-0.39, 0.29) is 19.1 Å². The van der Waals surface area contributed by atoms with Crippen molar-refractivity contribution in [3.8, 4) is 0 Å². The molecular weight excluding hydrogens is 92.1 g/mol. The maximum atomic E-state index is 8.29. The van der Waals surface area contributed by atoms with Gasteiger partial charge in [-0.2, -0.15) is 0 Å². The number of aliphatic hydroxyl groups excluding tert-OH is 2. The molecular formula is C5H10O2. The average Bonchev–Trinajstić information content (AvgIpc) is 1.72. The van der Waals surface area contributed by atoms with E-state index >= 15 is 0 Å². The summed E-state index contributed by atoms with van der Waals surface area (Å²) in [7, 11) is 0. The maximum absolute atomic E-state index is 8.29. The van der Waals surface area contributed by atoms with Crippen LogP contribution in [0.2, 0.25) is 0 Å². The van der Waals surface area contributed by atoms with Crippen LogP contribution in [-0.4, -0.2) is 23.4 Å². The fraction of sp³-hybridized carbons (Fsp3) is 0.600. The molecule has 0 aromatic carbocycles. The molecule has 2 nitrogen and oxygen atoms in total. The van der Waals surface area contributed by atoms with Gasteiger partial charge in [-0.25, -0.2) is 0 Å². The van der Waals surface area contributed by atoms with E-state index in [1.165, 1.54) is 6.08 Å². The molecule has 0 aliphatic heterocycles. The smallest absolute Gasteiger partial charge is 0.0515 e. The van der Waals surface area contributed by atoms with Crippen LogP contribution in [0.5, 0.6) is 0 Å². The predicted octanol–water partition coefficient (Wildman–Crippen LogP) is -0.227. The zero-order valence-electron chi connectivity index (χ0n) is 4.17. The minimum atomic E-state index is -0.139. The highest BCUT2D eigenvalue weighted by molar-refractivity contribution is 4.76. The van der Waals surface area contributed by atoms with Crippen LogP contribution in [0.4, 0.5) is 0 Å². The summed E-state index contributed by atoms with van der Waals surface area (Å²) in [5.74, 6) is -0.139. The van der Waals surface area contributed by atoms with Gasteiger partial charge in [0.15, 0.2) is 0 Å². The molecule has 0 fully saturated rings. The molecule has 0 unspecified atom stereocenters. The van der Waals surface area contributed by atoms with Crippen molar-refractivity contribution in [1.29, 1.82) is 0 Å². The summed E-state index contributed by atoms with van der Waals surface area (Å²) in [6, 6.07) is 0. The lowest BCUT2D eigenvalue weighted by atomic mass is 10.2. The first-order valence-corrected chi connectivity index (χ1v) is 2.19. The van der Waals surface area contributed by atoms with Crippen molar-refractivity contribution in [2.75, 3.05) is 13.2 Å². The van der Waals surface area contributed by atoms with Crippen molar-refractivity contribution in [1.82, 2.24) is 0 Å². The second-order valence-corrected chi connectivity index (χ2v) is 1.36. The minimum absolute atomic E-state index is 0.0139. The van der Waals surface area contributed by atoms with Gasteiger partial charge in [0, 0.05) is 5.92 Å². The molecule has 0 aliphatic carbocycles. The summed E-state index contributed by atoms with van der Waals surface area (Å²) in [5, 5.41) is 16.6. The third-order valence-electron chi connectivity index (χ3n) is 0.802. The molecule has 7 heavy (non-hydrogen) atoms. The lowest BCUT2D eigenvalue weighted by Crippen LogP contribution is -2.06. The zero-order chi connectivity index (χ0) is 5.70. The Bertz CT molecular complexity index is 48.0. The van der Waals surface area contributed by atoms with Gasteiger partial charge in [-0.15, -0.1) is 6.58 Å². The van der Waals surface area contributed by atoms with Crippen LogP contribution in [0.25, 0.3) is 0 Å². The van der Waals surface area contributed by atoms with Crippen molar-refractivity contribution in [3.05, 3.63) is 12.7 Å². The number of hydrogen-bond donors (Lipinski definition) is 2. The van der Waals surface area contributed by atoms with Crippen molar-refractivity contribution >= 4 is 0 Å². The Morgan fingerprint density at radius 3 is 1.86 bits per heavy atom. The van der Waals surface area contributed by atoms with E-state index in [0.717, 1.165) is 0 Å². The highest BCUT2D eigenvalue weighted by Gasteiger charge is 1.95. The van der Waals surface area contributed by atoms with E-state index in [4.69, 9.17) is 10.2 Å². The SMILES string of the molecule is C=CC(CO)CO. The molecule has 0 aliphatic rings. The van der Waals surface area contributed by atoms with Gasteiger partial charge in [-0.3, -0.25) is 0 Å². The summed E-state index contributed by atoms with van der Waals surface area (Å²) in [4.78, 5) is 0. The van der Waals surface area contributed by atoms with Gasteiger partial charge in [0.2, 0.25) is 0 Å². The predicted molar refractivity (Wildman–Crippen MR) is 27.9 cm³/mol. The number of hydrogen-bond acceptors (Lipinski definition) is 2. The van der Waals surface area contributed by atoms with Gasteiger partial charge in [-0.1, -0.05) is 6.08 Å². The Balaban J connectivity index is 3.16. The van der Waals surface area contributed by atoms with E-state index in [2.05, 4.69) is 6.58 Å². The minimum Gasteiger partial charge on any atom is -0.396 e. The summed E-state index contributed by atoms with van der Waals surface area (Å²) >= 11 is 0. The second kappa shape index (κ2) is 3.84. The lowest BCUT2D eigenvalue weighted by molar-refractivity contribution is 0.178. The van der Waals surface area contributed by atoms with Crippen LogP contribution >= 0.6 is 0 Å². The van der Waals surface area contributed by atoms with Gasteiger partial charge in [0.05, 0.1) is 13.2 Å². The van der Waals surface area contributed by atoms with E-state index in [9.17, 15) is 0 Å². The average molecular weight is 102 g/mol. The molecule has 0 saturated heterocycles. The largest absolute Gasteiger partial charge is 0.396 e. The fourth-order valence-corrected chi connectivity index (χ4v) is 0.207. The van der Waals surface area contributed by atoms with Crippen molar-refractivity contribution in [2.24, 2.45) is 5.92 Å². The monoisotopic (exact) mass is 102 g/mol. The molecule has 0 radical (unpaired) electrons. The Labute approximate surface area is 43.1 Å². The normalized spacial score (nSPS) is 9.57. The van der Waals surface area contributed by atoms with Gasteiger partial charge in [0.1, 0.15) is 0 Å². The molecule has 0 atom stereocenters. The first-order valence-electron chi connectivity index (χ1n) is 2.19. The third kappa shape index (κ3) is 2.37. The molecule has 0 aromatic heterocycles. The molecule has 0 saturated carbocycles. The van der Waals surface area contributed by atoms with Gasteiger partial charge in [0.25, 0.3) is 0 Å². The Morgan fingerprint density at radius 2 is 1.86 bits per heavy atom. The van der Waals surface area contributed by atoms with Crippen LogP contribution in [0, 0.1) is 5.92 Å². The molecule has 0 bridgehead atoms. The first-order chi connectivity index (χ1) is 3.35. The molecule has 2 heteroatoms. The molecule has 0 spiro atoms. The Morgan fingerprint density at radius 1 is 1.43 bits per heavy atom. The summed E-state index contributed by atoms with van der Waals surface area (Å²) in [6.07, 6.45) is 1.53. The van der Waals surface area contributed by atoms with Gasteiger partial charge in [-0.05, 0) is 0 Å². The van der Waals surface area contributed by atoms with E-state index in [1.54, 1.807) is 0 Å². The summed E-state index contributed by atoms with van der Waals surface area (Å²) in [5.41, 5.74) is 0. The molecule has 0 amide bonds. The van der Waals surface area contributed by atoms with E-state index in [0.29, 0.717) is 0 Å². The summed E-state index contributed by atoms with van der Waals surface area (Å²) in [6.45, 7) is 3.35. The maximum Gasteiger partial charge on any atom is 0.0515 e. The molecule has 42 valence electrons. The quantitative estimate of drug-likeness (QED) is 0.483. The van der Waals surface area contributed by atoms with Crippen molar-refractivity contribution < 1.29 is 10.2 Å². The van der Waals surface area contributed by atoms with Crippen LogP contribution in [-0.2, 0) is 0 Å². The molecule has 0 rings (SSSR count). The van der Waals surface area contributed by atoms with Crippen LogP contribution in [0.15, 0.2) is 12.7 Å².